The van der Waals surface area contributed by atoms with E-state index in [0.717, 1.165) is 21.7 Å². The number of hydrogen-bond donors (Lipinski definition) is 1. The number of rotatable bonds is 10. The van der Waals surface area contributed by atoms with Crippen LogP contribution in [0.4, 0.5) is 5.69 Å². The van der Waals surface area contributed by atoms with Crippen LogP contribution in [0.5, 0.6) is 11.5 Å². The first-order chi connectivity index (χ1) is 16.7. The summed E-state index contributed by atoms with van der Waals surface area (Å²) in [7, 11) is -0.997. The van der Waals surface area contributed by atoms with Gasteiger partial charge in [-0.25, -0.2) is 8.42 Å². The summed E-state index contributed by atoms with van der Waals surface area (Å²) < 4.78 is 37.2. The third kappa shape index (κ3) is 7.61. The molecule has 1 N–H and O–H groups in total. The highest BCUT2D eigenvalue weighted by atomic mass is 32.2. The molecule has 0 bridgehead atoms. The van der Waals surface area contributed by atoms with E-state index in [2.05, 4.69) is 5.32 Å². The number of ether oxygens (including phenoxy) is 2. The number of carbonyl (C=O) groups excluding carboxylic acids is 2. The molecule has 2 aromatic carbocycles. The van der Waals surface area contributed by atoms with Crippen molar-refractivity contribution in [2.75, 3.05) is 31.3 Å². The highest BCUT2D eigenvalue weighted by molar-refractivity contribution is 7.92. The van der Waals surface area contributed by atoms with Crippen molar-refractivity contribution in [3.05, 3.63) is 53.6 Å². The SMILES string of the molecule is COc1ccc(N(CC(=O)N(Cc2ccccc2C)C(C)C(=O)NC(C)(C)C)S(C)(=O)=O)c(OC)c1. The number of nitrogens with one attached hydrogen (secondary N) is 1. The molecule has 0 aliphatic carbocycles. The molecule has 198 valence electrons. The van der Waals surface area contributed by atoms with Crippen LogP contribution in [-0.4, -0.2) is 63.7 Å². The van der Waals surface area contributed by atoms with Crippen LogP contribution < -0.4 is 19.1 Å². The van der Waals surface area contributed by atoms with E-state index in [0.29, 0.717) is 5.75 Å². The Labute approximate surface area is 214 Å². The van der Waals surface area contributed by atoms with Gasteiger partial charge in [-0.3, -0.25) is 13.9 Å². The lowest BCUT2D eigenvalue weighted by Gasteiger charge is -2.33. The highest BCUT2D eigenvalue weighted by Gasteiger charge is 2.32. The molecule has 36 heavy (non-hydrogen) atoms. The zero-order chi connectivity index (χ0) is 27.3. The Kier molecular flexibility index (Phi) is 9.37. The molecule has 0 fully saturated rings. The van der Waals surface area contributed by atoms with Crippen LogP contribution in [0.2, 0.25) is 0 Å². The van der Waals surface area contributed by atoms with Crippen LogP contribution >= 0.6 is 0 Å². The fourth-order valence-corrected chi connectivity index (χ4v) is 4.47. The molecule has 2 rings (SSSR count). The van der Waals surface area contributed by atoms with Crippen LogP contribution in [0.15, 0.2) is 42.5 Å². The number of anilines is 1. The van der Waals surface area contributed by atoms with Crippen LogP contribution in [0, 0.1) is 6.92 Å². The average Bonchev–Trinajstić information content (AvgIpc) is 2.79. The third-order valence-electron chi connectivity index (χ3n) is 5.60. The number of aryl methyl sites for hydroxylation is 1. The van der Waals surface area contributed by atoms with Gasteiger partial charge in [0.05, 0.1) is 26.2 Å². The van der Waals surface area contributed by atoms with Crippen LogP contribution in [0.3, 0.4) is 0 Å². The molecule has 9 nitrogen and oxygen atoms in total. The number of amides is 2. The van der Waals surface area contributed by atoms with Crippen LogP contribution in [0.1, 0.15) is 38.8 Å². The number of sulfonamides is 1. The molecular formula is C26H37N3O6S. The van der Waals surface area contributed by atoms with Crippen molar-refractivity contribution in [2.45, 2.75) is 52.7 Å². The van der Waals surface area contributed by atoms with Crippen molar-refractivity contribution in [1.29, 1.82) is 0 Å². The lowest BCUT2D eigenvalue weighted by atomic mass is 10.1. The summed E-state index contributed by atoms with van der Waals surface area (Å²) in [6.07, 6.45) is 1.02. The van der Waals surface area contributed by atoms with Gasteiger partial charge < -0.3 is 19.7 Å². The van der Waals surface area contributed by atoms with E-state index in [-0.39, 0.29) is 23.9 Å². The van der Waals surface area contributed by atoms with Gasteiger partial charge in [0.1, 0.15) is 24.1 Å². The van der Waals surface area contributed by atoms with Crippen molar-refractivity contribution in [3.63, 3.8) is 0 Å². The summed E-state index contributed by atoms with van der Waals surface area (Å²) in [6, 6.07) is 11.3. The van der Waals surface area contributed by atoms with Crippen molar-refractivity contribution < 1.29 is 27.5 Å². The fourth-order valence-electron chi connectivity index (χ4n) is 3.61. The Morgan fingerprint density at radius 1 is 1.06 bits per heavy atom. The monoisotopic (exact) mass is 519 g/mol. The number of hydrogen-bond acceptors (Lipinski definition) is 6. The topological polar surface area (TPSA) is 105 Å². The molecule has 10 heteroatoms. The van der Waals surface area contributed by atoms with E-state index in [4.69, 9.17) is 9.47 Å². The van der Waals surface area contributed by atoms with Gasteiger partial charge in [0.15, 0.2) is 0 Å². The van der Waals surface area contributed by atoms with Gasteiger partial charge in [-0.1, -0.05) is 24.3 Å². The molecule has 0 aliphatic heterocycles. The Morgan fingerprint density at radius 3 is 2.22 bits per heavy atom. The molecule has 2 amide bonds. The smallest absolute Gasteiger partial charge is 0.244 e. The molecule has 0 radical (unpaired) electrons. The summed E-state index contributed by atoms with van der Waals surface area (Å²) in [5, 5.41) is 2.90. The maximum absolute atomic E-state index is 13.7. The molecule has 0 saturated carbocycles. The van der Waals surface area contributed by atoms with Gasteiger partial charge in [-0.2, -0.15) is 0 Å². The minimum atomic E-state index is -3.89. The second-order valence-electron chi connectivity index (χ2n) is 9.67. The fraction of sp³-hybridized carbons (Fsp3) is 0.462. The molecule has 1 unspecified atom stereocenters. The highest BCUT2D eigenvalue weighted by Crippen LogP contribution is 2.33. The van der Waals surface area contributed by atoms with Gasteiger partial charge in [-0.15, -0.1) is 0 Å². The molecular weight excluding hydrogens is 482 g/mol. The minimum Gasteiger partial charge on any atom is -0.497 e. The summed E-state index contributed by atoms with van der Waals surface area (Å²) in [5.74, 6) is -0.156. The number of benzene rings is 2. The average molecular weight is 520 g/mol. The first kappa shape index (κ1) is 29.0. The Hall–Kier alpha value is -3.27. The second-order valence-corrected chi connectivity index (χ2v) is 11.6. The van der Waals surface area contributed by atoms with Crippen molar-refractivity contribution >= 4 is 27.5 Å². The lowest BCUT2D eigenvalue weighted by molar-refractivity contribution is -0.140. The first-order valence-electron chi connectivity index (χ1n) is 11.5. The van der Waals surface area contributed by atoms with Crippen molar-refractivity contribution in [2.24, 2.45) is 0 Å². The van der Waals surface area contributed by atoms with Crippen LogP contribution in [-0.2, 0) is 26.2 Å². The molecule has 0 saturated heterocycles. The number of methoxy groups -OCH3 is 2. The Balaban J connectivity index is 2.49. The third-order valence-corrected chi connectivity index (χ3v) is 6.73. The summed E-state index contributed by atoms with van der Waals surface area (Å²) in [5.41, 5.74) is 1.50. The number of carbonyl (C=O) groups is 2. The summed E-state index contributed by atoms with van der Waals surface area (Å²) >= 11 is 0. The van der Waals surface area contributed by atoms with E-state index >= 15 is 0 Å². The normalized spacial score (nSPS) is 12.4. The predicted octanol–water partition coefficient (Wildman–Crippen LogP) is 3.11. The van der Waals surface area contributed by atoms with Gasteiger partial charge in [0.25, 0.3) is 0 Å². The molecule has 2 aromatic rings. The maximum atomic E-state index is 13.7. The van der Waals surface area contributed by atoms with E-state index in [9.17, 15) is 18.0 Å². The van der Waals surface area contributed by atoms with Gasteiger partial charge >= 0.3 is 0 Å². The van der Waals surface area contributed by atoms with Crippen molar-refractivity contribution in [3.8, 4) is 11.5 Å². The zero-order valence-corrected chi connectivity index (χ0v) is 23.1. The van der Waals surface area contributed by atoms with E-state index < -0.39 is 34.1 Å². The van der Waals surface area contributed by atoms with Gasteiger partial charge in [0, 0.05) is 18.2 Å². The van der Waals surface area contributed by atoms with E-state index in [1.165, 1.54) is 25.2 Å². The zero-order valence-electron chi connectivity index (χ0n) is 22.3. The lowest BCUT2D eigenvalue weighted by Crippen LogP contribution is -2.54. The van der Waals surface area contributed by atoms with Crippen LogP contribution in [0.25, 0.3) is 0 Å². The largest absolute Gasteiger partial charge is 0.497 e. The second kappa shape index (κ2) is 11.6. The molecule has 0 aliphatic rings. The Morgan fingerprint density at radius 2 is 1.69 bits per heavy atom. The molecule has 0 spiro atoms. The van der Waals surface area contributed by atoms with Gasteiger partial charge in [-0.05, 0) is 57.9 Å². The van der Waals surface area contributed by atoms with E-state index in [1.54, 1.807) is 19.1 Å². The Bertz CT molecular complexity index is 1190. The summed E-state index contributed by atoms with van der Waals surface area (Å²) in [4.78, 5) is 28.1. The molecule has 0 heterocycles. The summed E-state index contributed by atoms with van der Waals surface area (Å²) in [6.45, 7) is 8.74. The maximum Gasteiger partial charge on any atom is 0.244 e. The standard InChI is InChI=1S/C26H37N3O6S/c1-18-11-9-10-12-20(18)16-28(19(2)25(31)27-26(3,4)5)24(30)17-29(36(8,32)33)22-14-13-21(34-6)15-23(22)35-7/h9-15,19H,16-17H2,1-8H3,(H,27,31). The quantitative estimate of drug-likeness (QED) is 0.517. The van der Waals surface area contributed by atoms with E-state index in [1.807, 2.05) is 52.0 Å². The first-order valence-corrected chi connectivity index (χ1v) is 13.4. The van der Waals surface area contributed by atoms with Gasteiger partial charge in [0.2, 0.25) is 21.8 Å². The predicted molar refractivity (Wildman–Crippen MR) is 141 cm³/mol. The molecule has 1 atom stereocenters. The molecule has 0 aromatic heterocycles. The van der Waals surface area contributed by atoms with Crippen molar-refractivity contribution in [1.82, 2.24) is 10.2 Å². The number of nitrogens with zero attached hydrogens (tertiary/aromatic N) is 2. The minimum absolute atomic E-state index is 0.140.